The third-order valence-electron chi connectivity index (χ3n) is 3.59. The molecule has 116 valence electrons. The summed E-state index contributed by atoms with van der Waals surface area (Å²) in [5.41, 5.74) is 0.846. The van der Waals surface area contributed by atoms with Crippen molar-refractivity contribution in [3.63, 3.8) is 0 Å². The van der Waals surface area contributed by atoms with Crippen molar-refractivity contribution in [1.29, 1.82) is 0 Å². The van der Waals surface area contributed by atoms with E-state index in [9.17, 15) is 4.79 Å². The van der Waals surface area contributed by atoms with Crippen LogP contribution < -0.4 is 5.32 Å². The van der Waals surface area contributed by atoms with Gasteiger partial charge in [0.1, 0.15) is 0 Å². The van der Waals surface area contributed by atoms with Crippen LogP contribution in [0.1, 0.15) is 57.6 Å². The van der Waals surface area contributed by atoms with Crippen LogP contribution in [0.2, 0.25) is 0 Å². The van der Waals surface area contributed by atoms with Gasteiger partial charge in [-0.1, -0.05) is 45.4 Å². The van der Waals surface area contributed by atoms with Gasteiger partial charge in [0, 0.05) is 24.3 Å². The second-order valence-electron chi connectivity index (χ2n) is 5.47. The Hall–Kier alpha value is -1.36. The van der Waals surface area contributed by atoms with Crippen LogP contribution in [0, 0.1) is 0 Å². The van der Waals surface area contributed by atoms with Gasteiger partial charge in [-0.05, 0) is 6.42 Å². The lowest BCUT2D eigenvalue weighted by molar-refractivity contribution is -0.120. The first-order chi connectivity index (χ1) is 10.3. The molecule has 0 spiro atoms. The first kappa shape index (κ1) is 16.0. The number of rotatable bonds is 10. The Labute approximate surface area is 130 Å². The molecule has 1 N–H and O–H groups in total. The predicted molar refractivity (Wildman–Crippen MR) is 87.8 cm³/mol. The number of thiazole rings is 1. The van der Waals surface area contributed by atoms with E-state index in [4.69, 9.17) is 0 Å². The molecule has 5 heteroatoms. The molecule has 2 heterocycles. The number of hydrogen-bond acceptors (Lipinski definition) is 3. The van der Waals surface area contributed by atoms with Gasteiger partial charge in [0.05, 0.1) is 12.1 Å². The molecule has 0 saturated carbocycles. The van der Waals surface area contributed by atoms with E-state index in [0.717, 1.165) is 23.6 Å². The fourth-order valence-corrected chi connectivity index (χ4v) is 3.12. The lowest BCUT2D eigenvalue weighted by Gasteiger charge is -2.04. The zero-order chi connectivity index (χ0) is 14.9. The highest BCUT2D eigenvalue weighted by Gasteiger charge is 2.07. The smallest absolute Gasteiger partial charge is 0.226 e. The summed E-state index contributed by atoms with van der Waals surface area (Å²) >= 11 is 1.59. The minimum Gasteiger partial charge on any atom is -0.356 e. The van der Waals surface area contributed by atoms with Gasteiger partial charge in [0.25, 0.3) is 0 Å². The average Bonchev–Trinajstić information content (AvgIpc) is 3.02. The Balaban J connectivity index is 1.54. The van der Waals surface area contributed by atoms with Gasteiger partial charge in [0.2, 0.25) is 5.91 Å². The number of fused-ring (bicyclic) bond motifs is 1. The van der Waals surface area contributed by atoms with Crippen LogP contribution in [0.4, 0.5) is 0 Å². The van der Waals surface area contributed by atoms with Crippen molar-refractivity contribution in [2.45, 2.75) is 58.3 Å². The summed E-state index contributed by atoms with van der Waals surface area (Å²) in [5, 5.41) is 4.98. The van der Waals surface area contributed by atoms with Crippen LogP contribution in [-0.2, 0) is 11.2 Å². The van der Waals surface area contributed by atoms with Crippen molar-refractivity contribution < 1.29 is 4.79 Å². The third-order valence-corrected chi connectivity index (χ3v) is 4.36. The topological polar surface area (TPSA) is 46.4 Å². The molecule has 0 radical (unpaired) electrons. The van der Waals surface area contributed by atoms with Crippen LogP contribution >= 0.6 is 11.3 Å². The van der Waals surface area contributed by atoms with Crippen molar-refractivity contribution in [2.75, 3.05) is 6.54 Å². The molecule has 21 heavy (non-hydrogen) atoms. The largest absolute Gasteiger partial charge is 0.356 e. The molecule has 0 bridgehead atoms. The molecule has 1 amide bonds. The van der Waals surface area contributed by atoms with E-state index in [-0.39, 0.29) is 5.91 Å². The average molecular weight is 307 g/mol. The molecule has 0 saturated heterocycles. The minimum atomic E-state index is 0.0757. The zero-order valence-corrected chi connectivity index (χ0v) is 13.6. The van der Waals surface area contributed by atoms with Crippen molar-refractivity contribution in [2.24, 2.45) is 0 Å². The van der Waals surface area contributed by atoms with E-state index in [2.05, 4.69) is 17.2 Å². The molecule has 4 nitrogen and oxygen atoms in total. The maximum atomic E-state index is 11.8. The monoisotopic (exact) mass is 307 g/mol. The first-order valence-corrected chi connectivity index (χ1v) is 8.85. The molecule has 0 aliphatic carbocycles. The molecule has 0 aromatic carbocycles. The number of nitrogens with zero attached hydrogens (tertiary/aromatic N) is 2. The SMILES string of the molecule is CCCCCCCCCNC(=O)Cc1cn2ccsc2n1. The number of carbonyl (C=O) groups excluding carboxylic acids is 1. The number of nitrogens with one attached hydrogen (secondary N) is 1. The number of imidazole rings is 1. The van der Waals surface area contributed by atoms with Crippen LogP contribution in [0.3, 0.4) is 0 Å². The normalized spacial score (nSPS) is 11.1. The fraction of sp³-hybridized carbons (Fsp3) is 0.625. The van der Waals surface area contributed by atoms with E-state index < -0.39 is 0 Å². The molecule has 2 rings (SSSR count). The summed E-state index contributed by atoms with van der Waals surface area (Å²) in [5.74, 6) is 0.0757. The summed E-state index contributed by atoms with van der Waals surface area (Å²) in [6, 6.07) is 0. The molecule has 0 fully saturated rings. The molecule has 0 aliphatic rings. The summed E-state index contributed by atoms with van der Waals surface area (Å²) in [6.45, 7) is 3.02. The van der Waals surface area contributed by atoms with Gasteiger partial charge < -0.3 is 5.32 Å². The lowest BCUT2D eigenvalue weighted by atomic mass is 10.1. The van der Waals surface area contributed by atoms with Gasteiger partial charge >= 0.3 is 0 Å². The molecule has 0 aliphatic heterocycles. The van der Waals surface area contributed by atoms with E-state index in [1.807, 2.05) is 22.2 Å². The van der Waals surface area contributed by atoms with E-state index in [0.29, 0.717) is 6.42 Å². The minimum absolute atomic E-state index is 0.0757. The zero-order valence-electron chi connectivity index (χ0n) is 12.8. The second-order valence-corrected chi connectivity index (χ2v) is 6.35. The Kier molecular flexibility index (Phi) is 6.73. The molecule has 0 atom stereocenters. The van der Waals surface area contributed by atoms with Gasteiger partial charge in [0.15, 0.2) is 4.96 Å². The van der Waals surface area contributed by atoms with Crippen molar-refractivity contribution in [1.82, 2.24) is 14.7 Å². The maximum absolute atomic E-state index is 11.8. The maximum Gasteiger partial charge on any atom is 0.226 e. The molecule has 2 aromatic heterocycles. The van der Waals surface area contributed by atoms with Crippen LogP contribution in [0.15, 0.2) is 17.8 Å². The van der Waals surface area contributed by atoms with Gasteiger partial charge in [-0.15, -0.1) is 11.3 Å². The number of aromatic nitrogens is 2. The van der Waals surface area contributed by atoms with E-state index >= 15 is 0 Å². The Morgan fingerprint density at radius 1 is 1.24 bits per heavy atom. The molecular formula is C16H25N3OS. The highest BCUT2D eigenvalue weighted by atomic mass is 32.1. The molecule has 0 unspecified atom stereocenters. The third kappa shape index (κ3) is 5.50. The number of hydrogen-bond donors (Lipinski definition) is 1. The Morgan fingerprint density at radius 2 is 2.00 bits per heavy atom. The second kappa shape index (κ2) is 8.82. The quantitative estimate of drug-likeness (QED) is 0.679. The van der Waals surface area contributed by atoms with Gasteiger partial charge in [-0.2, -0.15) is 0 Å². The van der Waals surface area contributed by atoms with Crippen molar-refractivity contribution in [3.8, 4) is 0 Å². The van der Waals surface area contributed by atoms with E-state index in [1.165, 1.54) is 38.5 Å². The Morgan fingerprint density at radius 3 is 2.76 bits per heavy atom. The fourth-order valence-electron chi connectivity index (χ4n) is 2.40. The van der Waals surface area contributed by atoms with Crippen molar-refractivity contribution in [3.05, 3.63) is 23.5 Å². The van der Waals surface area contributed by atoms with Crippen LogP contribution in [-0.4, -0.2) is 21.8 Å². The number of amides is 1. The van der Waals surface area contributed by atoms with Crippen LogP contribution in [0.25, 0.3) is 4.96 Å². The first-order valence-electron chi connectivity index (χ1n) is 7.97. The molecule has 2 aromatic rings. The predicted octanol–water partition coefficient (Wildman–Crippen LogP) is 3.81. The number of carbonyl (C=O) groups is 1. The summed E-state index contributed by atoms with van der Waals surface area (Å²) in [4.78, 5) is 17.2. The van der Waals surface area contributed by atoms with Gasteiger partial charge in [-0.3, -0.25) is 9.20 Å². The molecular weight excluding hydrogens is 282 g/mol. The Bertz CT molecular complexity index is 518. The lowest BCUT2D eigenvalue weighted by Crippen LogP contribution is -2.26. The highest BCUT2D eigenvalue weighted by molar-refractivity contribution is 7.15. The highest BCUT2D eigenvalue weighted by Crippen LogP contribution is 2.11. The standard InChI is InChI=1S/C16H25N3OS/c1-2-3-4-5-6-7-8-9-17-15(20)12-14-13-19-10-11-21-16(19)18-14/h10-11,13H,2-9,12H2,1H3,(H,17,20). The van der Waals surface area contributed by atoms with Crippen LogP contribution in [0.5, 0.6) is 0 Å². The summed E-state index contributed by atoms with van der Waals surface area (Å²) in [7, 11) is 0. The van der Waals surface area contributed by atoms with E-state index in [1.54, 1.807) is 11.3 Å². The number of unbranched alkanes of at least 4 members (excludes halogenated alkanes) is 6. The summed E-state index contributed by atoms with van der Waals surface area (Å²) < 4.78 is 1.96. The van der Waals surface area contributed by atoms with Gasteiger partial charge in [-0.25, -0.2) is 4.98 Å². The summed E-state index contributed by atoms with van der Waals surface area (Å²) in [6.07, 6.45) is 13.2. The van der Waals surface area contributed by atoms with Crippen molar-refractivity contribution >= 4 is 22.2 Å².